The van der Waals surface area contributed by atoms with Gasteiger partial charge in [0.25, 0.3) is 0 Å². The molecule has 6 heteroatoms. The number of hydrogen-bond donors (Lipinski definition) is 1. The number of rotatable bonds is 1. The Morgan fingerprint density at radius 3 is 2.67 bits per heavy atom. The van der Waals surface area contributed by atoms with Crippen molar-refractivity contribution >= 4 is 11.8 Å². The molecule has 0 spiro atoms. The maximum atomic E-state index is 10.3. The molecule has 0 aliphatic heterocycles. The zero-order valence-electron chi connectivity index (χ0n) is 6.87. The van der Waals surface area contributed by atoms with Crippen LogP contribution >= 0.6 is 0 Å². The number of carbonyl (C=O) groups is 1. The van der Waals surface area contributed by atoms with Gasteiger partial charge in [0.05, 0.1) is 17.9 Å². The van der Waals surface area contributed by atoms with Gasteiger partial charge in [-0.2, -0.15) is 0 Å². The number of nitrogens with two attached hydrogens (primary N) is 1. The van der Waals surface area contributed by atoms with Crippen LogP contribution in [-0.4, -0.2) is 15.9 Å². The van der Waals surface area contributed by atoms with Crippen molar-refractivity contribution < 1.29 is 39.5 Å². The minimum Gasteiger partial charge on any atom is -0.543 e. The van der Waals surface area contributed by atoms with Gasteiger partial charge in [-0.15, -0.1) is 0 Å². The molecule has 1 rings (SSSR count). The van der Waals surface area contributed by atoms with Gasteiger partial charge in [-0.1, -0.05) is 0 Å². The summed E-state index contributed by atoms with van der Waals surface area (Å²) in [4.78, 5) is 17.5. The van der Waals surface area contributed by atoms with Crippen molar-refractivity contribution in [3.8, 4) is 0 Å². The monoisotopic (exact) mass is 175 g/mol. The second kappa shape index (κ2) is 4.39. The zero-order valence-corrected chi connectivity index (χ0v) is 8.87. The number of carbonyl (C=O) groups excluding carboxylic acids is 1. The Hall–Kier alpha value is -0.650. The number of nitrogen functional groups attached to an aromatic ring is 1. The standard InChI is InChI=1S/C6H7N3O2.Na/c1-3-2-8-5(7)4(9-3)6(10)11;/h2H,1H3,(H2,7,8)(H,10,11);/q;+1/p-1. The molecule has 0 aliphatic rings. The summed E-state index contributed by atoms with van der Waals surface area (Å²) in [7, 11) is 0. The average Bonchev–Trinajstić information content (AvgIpc) is 1.94. The Bertz CT molecular complexity index is 303. The van der Waals surface area contributed by atoms with Gasteiger partial charge in [0.1, 0.15) is 5.69 Å². The van der Waals surface area contributed by atoms with E-state index in [1.807, 2.05) is 0 Å². The Balaban J connectivity index is 0.00000121. The predicted octanol–water partition coefficient (Wildman–Crippen LogP) is -4.27. The molecule has 1 heterocycles. The molecule has 0 saturated carbocycles. The number of aryl methyl sites for hydroxylation is 1. The second-order valence-electron chi connectivity index (χ2n) is 2.03. The van der Waals surface area contributed by atoms with Gasteiger partial charge in [0, 0.05) is 0 Å². The van der Waals surface area contributed by atoms with Crippen LogP contribution in [0.1, 0.15) is 16.2 Å². The van der Waals surface area contributed by atoms with Crippen LogP contribution in [-0.2, 0) is 0 Å². The minimum absolute atomic E-state index is 0. The molecular weight excluding hydrogens is 169 g/mol. The van der Waals surface area contributed by atoms with E-state index in [9.17, 15) is 9.90 Å². The van der Waals surface area contributed by atoms with E-state index >= 15 is 0 Å². The second-order valence-corrected chi connectivity index (χ2v) is 2.03. The number of aromatic nitrogens is 2. The van der Waals surface area contributed by atoms with E-state index in [0.29, 0.717) is 5.69 Å². The normalized spacial score (nSPS) is 8.75. The van der Waals surface area contributed by atoms with Crippen LogP contribution in [0, 0.1) is 6.92 Å². The molecule has 0 amide bonds. The van der Waals surface area contributed by atoms with E-state index in [4.69, 9.17) is 5.73 Å². The van der Waals surface area contributed by atoms with Crippen LogP contribution in [0.3, 0.4) is 0 Å². The first-order valence-electron chi connectivity index (χ1n) is 2.91. The van der Waals surface area contributed by atoms with Gasteiger partial charge in [0.15, 0.2) is 5.82 Å². The van der Waals surface area contributed by atoms with E-state index in [1.54, 1.807) is 6.92 Å². The number of aromatic carboxylic acids is 1. The minimum atomic E-state index is -1.40. The molecule has 0 radical (unpaired) electrons. The molecule has 1 aromatic rings. The van der Waals surface area contributed by atoms with Gasteiger partial charge in [-0.3, -0.25) is 0 Å². The third kappa shape index (κ3) is 2.44. The summed E-state index contributed by atoms with van der Waals surface area (Å²) in [6.45, 7) is 1.62. The first-order valence-corrected chi connectivity index (χ1v) is 2.91. The van der Waals surface area contributed by atoms with Crippen LogP contribution in [0.15, 0.2) is 6.20 Å². The molecule has 0 saturated heterocycles. The first-order chi connectivity index (χ1) is 5.11. The van der Waals surface area contributed by atoms with Crippen molar-refractivity contribution in [2.45, 2.75) is 6.92 Å². The van der Waals surface area contributed by atoms with Crippen molar-refractivity contribution in [3.63, 3.8) is 0 Å². The molecule has 1 aromatic heterocycles. The molecule has 0 aromatic carbocycles. The third-order valence-corrected chi connectivity index (χ3v) is 1.11. The average molecular weight is 175 g/mol. The smallest absolute Gasteiger partial charge is 0.543 e. The summed E-state index contributed by atoms with van der Waals surface area (Å²) in [5.74, 6) is -1.52. The van der Waals surface area contributed by atoms with E-state index in [-0.39, 0.29) is 41.1 Å². The van der Waals surface area contributed by atoms with Crippen LogP contribution < -0.4 is 40.4 Å². The Morgan fingerprint density at radius 1 is 1.67 bits per heavy atom. The van der Waals surface area contributed by atoms with Crippen molar-refractivity contribution in [1.29, 1.82) is 0 Å². The number of carboxylic acids is 1. The van der Waals surface area contributed by atoms with Crippen LogP contribution in [0.25, 0.3) is 0 Å². The summed E-state index contributed by atoms with van der Waals surface area (Å²) in [6.07, 6.45) is 1.39. The maximum Gasteiger partial charge on any atom is 1.00 e. The molecule has 0 fully saturated rings. The molecule has 0 aliphatic carbocycles. The first kappa shape index (κ1) is 11.4. The Morgan fingerprint density at radius 2 is 2.25 bits per heavy atom. The fourth-order valence-corrected chi connectivity index (χ4v) is 0.637. The molecule has 0 bridgehead atoms. The summed E-state index contributed by atoms with van der Waals surface area (Å²) >= 11 is 0. The largest absolute Gasteiger partial charge is 1.00 e. The molecule has 0 unspecified atom stereocenters. The van der Waals surface area contributed by atoms with Gasteiger partial charge in [-0.25, -0.2) is 9.97 Å². The molecular formula is C6H6N3NaO2. The van der Waals surface area contributed by atoms with Crippen LogP contribution in [0.2, 0.25) is 0 Å². The van der Waals surface area contributed by atoms with Crippen LogP contribution in [0.4, 0.5) is 5.82 Å². The van der Waals surface area contributed by atoms with Crippen molar-refractivity contribution in [1.82, 2.24) is 9.97 Å². The summed E-state index contributed by atoms with van der Waals surface area (Å²) in [5.41, 5.74) is 5.39. The third-order valence-electron chi connectivity index (χ3n) is 1.11. The maximum absolute atomic E-state index is 10.3. The fourth-order valence-electron chi connectivity index (χ4n) is 0.637. The molecule has 2 N–H and O–H groups in total. The fraction of sp³-hybridized carbons (Fsp3) is 0.167. The van der Waals surface area contributed by atoms with E-state index in [2.05, 4.69) is 9.97 Å². The SMILES string of the molecule is Cc1cnc(N)c(C(=O)[O-])n1.[Na+]. The van der Waals surface area contributed by atoms with Gasteiger partial charge >= 0.3 is 29.6 Å². The Labute approximate surface area is 91.3 Å². The van der Waals surface area contributed by atoms with Crippen molar-refractivity contribution in [3.05, 3.63) is 17.6 Å². The summed E-state index contributed by atoms with van der Waals surface area (Å²) < 4.78 is 0. The van der Waals surface area contributed by atoms with E-state index in [0.717, 1.165) is 0 Å². The summed E-state index contributed by atoms with van der Waals surface area (Å²) in [5, 5.41) is 10.3. The summed E-state index contributed by atoms with van der Waals surface area (Å²) in [6, 6.07) is 0. The molecule has 5 nitrogen and oxygen atoms in total. The van der Waals surface area contributed by atoms with E-state index in [1.165, 1.54) is 6.20 Å². The van der Waals surface area contributed by atoms with E-state index < -0.39 is 5.97 Å². The number of hydrogen-bond acceptors (Lipinski definition) is 5. The van der Waals surface area contributed by atoms with Crippen molar-refractivity contribution in [2.24, 2.45) is 0 Å². The van der Waals surface area contributed by atoms with Gasteiger partial charge in [-0.05, 0) is 6.92 Å². The van der Waals surface area contributed by atoms with Gasteiger partial charge in [0.2, 0.25) is 0 Å². The van der Waals surface area contributed by atoms with Gasteiger partial charge < -0.3 is 15.6 Å². The number of anilines is 1. The number of carboxylic acid groups (broad SMARTS) is 1. The van der Waals surface area contributed by atoms with Crippen LogP contribution in [0.5, 0.6) is 0 Å². The quantitative estimate of drug-likeness (QED) is 0.436. The predicted molar refractivity (Wildman–Crippen MR) is 35.5 cm³/mol. The number of nitrogens with zero attached hydrogens (tertiary/aromatic N) is 2. The molecule has 0 atom stereocenters. The van der Waals surface area contributed by atoms with Crippen molar-refractivity contribution in [2.75, 3.05) is 5.73 Å². The topological polar surface area (TPSA) is 91.9 Å². The molecule has 58 valence electrons. The molecule has 12 heavy (non-hydrogen) atoms. The Kier molecular flexibility index (Phi) is 4.16. The zero-order chi connectivity index (χ0) is 8.43.